The Morgan fingerprint density at radius 3 is 2.91 bits per heavy atom. The number of rotatable bonds is 1. The van der Waals surface area contributed by atoms with Gasteiger partial charge in [0.1, 0.15) is 11.4 Å². The number of hydrogen-bond donors (Lipinski definition) is 0. The van der Waals surface area contributed by atoms with Crippen molar-refractivity contribution in [2.45, 2.75) is 12.5 Å². The zero-order chi connectivity index (χ0) is 15.3. The molecule has 0 radical (unpaired) electrons. The lowest BCUT2D eigenvalue weighted by atomic mass is 9.84. The minimum atomic E-state index is -0.363. The van der Waals surface area contributed by atoms with Crippen LogP contribution in [0.25, 0.3) is 11.0 Å². The topological polar surface area (TPSA) is 16.4 Å². The number of likely N-dealkylation sites (N-methyl/N-ethyl adjacent to an activating group) is 1. The second-order valence-electron chi connectivity index (χ2n) is 5.93. The normalized spacial score (nSPS) is 18.6. The third kappa shape index (κ3) is 2.21. The molecule has 0 bridgehead atoms. The van der Waals surface area contributed by atoms with E-state index in [-0.39, 0.29) is 16.8 Å². The summed E-state index contributed by atoms with van der Waals surface area (Å²) in [4.78, 5) is 2.24. The third-order valence-electron chi connectivity index (χ3n) is 4.37. The maximum absolute atomic E-state index is 13.9. The van der Waals surface area contributed by atoms with Crippen molar-refractivity contribution in [3.05, 3.63) is 70.2 Å². The molecule has 1 aliphatic heterocycles. The van der Waals surface area contributed by atoms with E-state index in [9.17, 15) is 4.39 Å². The lowest BCUT2D eigenvalue weighted by Gasteiger charge is -2.32. The Morgan fingerprint density at radius 2 is 2.09 bits per heavy atom. The Bertz CT molecular complexity index is 857. The van der Waals surface area contributed by atoms with E-state index in [4.69, 9.17) is 16.0 Å². The zero-order valence-electron chi connectivity index (χ0n) is 12.1. The Morgan fingerprint density at radius 1 is 1.23 bits per heavy atom. The number of benzene rings is 2. The molecule has 1 unspecified atom stereocenters. The summed E-state index contributed by atoms with van der Waals surface area (Å²) in [5.41, 5.74) is 4.33. The van der Waals surface area contributed by atoms with Crippen molar-refractivity contribution >= 4 is 22.6 Å². The van der Waals surface area contributed by atoms with Crippen LogP contribution < -0.4 is 0 Å². The second kappa shape index (κ2) is 5.11. The highest BCUT2D eigenvalue weighted by Crippen LogP contribution is 2.36. The van der Waals surface area contributed by atoms with Crippen LogP contribution in [0.3, 0.4) is 0 Å². The van der Waals surface area contributed by atoms with Gasteiger partial charge >= 0.3 is 0 Å². The fourth-order valence-corrected chi connectivity index (χ4v) is 3.43. The summed E-state index contributed by atoms with van der Waals surface area (Å²) in [6, 6.07) is 11.3. The molecule has 0 fully saturated rings. The van der Waals surface area contributed by atoms with Crippen molar-refractivity contribution in [1.29, 1.82) is 0 Å². The van der Waals surface area contributed by atoms with Crippen molar-refractivity contribution in [2.24, 2.45) is 0 Å². The van der Waals surface area contributed by atoms with Gasteiger partial charge in [-0.1, -0.05) is 17.7 Å². The maximum Gasteiger partial charge on any atom is 0.142 e. The molecule has 0 saturated carbocycles. The average molecular weight is 316 g/mol. The van der Waals surface area contributed by atoms with Crippen LogP contribution in [0.5, 0.6) is 0 Å². The van der Waals surface area contributed by atoms with Crippen molar-refractivity contribution in [3.8, 4) is 0 Å². The Kier molecular flexibility index (Phi) is 3.21. The predicted molar refractivity (Wildman–Crippen MR) is 85.8 cm³/mol. The summed E-state index contributed by atoms with van der Waals surface area (Å²) in [7, 11) is 2.08. The summed E-state index contributed by atoms with van der Waals surface area (Å²) < 4.78 is 19.3. The Balaban J connectivity index is 1.88. The molecule has 2 aromatic carbocycles. The van der Waals surface area contributed by atoms with Gasteiger partial charge < -0.3 is 9.32 Å². The number of furan rings is 1. The highest BCUT2D eigenvalue weighted by atomic mass is 35.5. The van der Waals surface area contributed by atoms with E-state index in [2.05, 4.69) is 24.1 Å². The molecule has 0 N–H and O–H groups in total. The summed E-state index contributed by atoms with van der Waals surface area (Å²) in [5, 5.41) is 1.25. The van der Waals surface area contributed by atoms with E-state index in [1.807, 2.05) is 12.1 Å². The summed E-state index contributed by atoms with van der Waals surface area (Å²) in [5.74, 6) is -0.224. The molecular weight excluding hydrogens is 301 g/mol. The minimum Gasteiger partial charge on any atom is -0.464 e. The van der Waals surface area contributed by atoms with Crippen LogP contribution in [0.4, 0.5) is 4.39 Å². The first-order valence-corrected chi connectivity index (χ1v) is 7.63. The van der Waals surface area contributed by atoms with Gasteiger partial charge in [0.25, 0.3) is 0 Å². The fourth-order valence-electron chi connectivity index (χ4n) is 3.31. The largest absolute Gasteiger partial charge is 0.464 e. The molecule has 1 aromatic heterocycles. The number of hydrogen-bond acceptors (Lipinski definition) is 2. The van der Waals surface area contributed by atoms with Gasteiger partial charge in [0.05, 0.1) is 11.3 Å². The molecule has 4 rings (SSSR count). The first-order chi connectivity index (χ1) is 10.6. The molecule has 0 saturated heterocycles. The molecule has 0 spiro atoms. The summed E-state index contributed by atoms with van der Waals surface area (Å²) in [6.07, 6.45) is 1.71. The molecule has 0 aliphatic carbocycles. The predicted octanol–water partition coefficient (Wildman–Crippen LogP) is 4.80. The maximum atomic E-state index is 13.9. The first kappa shape index (κ1) is 13.8. The van der Waals surface area contributed by atoms with Gasteiger partial charge in [-0.15, -0.1) is 0 Å². The van der Waals surface area contributed by atoms with Gasteiger partial charge in [0.15, 0.2) is 0 Å². The second-order valence-corrected chi connectivity index (χ2v) is 6.34. The molecule has 22 heavy (non-hydrogen) atoms. The molecule has 3 aromatic rings. The van der Waals surface area contributed by atoms with Gasteiger partial charge in [-0.25, -0.2) is 4.39 Å². The molecule has 112 valence electrons. The van der Waals surface area contributed by atoms with E-state index in [1.54, 1.807) is 18.4 Å². The first-order valence-electron chi connectivity index (χ1n) is 7.25. The smallest absolute Gasteiger partial charge is 0.142 e. The van der Waals surface area contributed by atoms with E-state index in [0.717, 1.165) is 29.6 Å². The van der Waals surface area contributed by atoms with Crippen LogP contribution in [0.1, 0.15) is 22.6 Å². The summed E-state index contributed by atoms with van der Waals surface area (Å²) in [6.45, 7) is 1.73. The molecular formula is C18H15ClFNO. The number of halogens is 2. The third-order valence-corrected chi connectivity index (χ3v) is 4.68. The van der Waals surface area contributed by atoms with Crippen LogP contribution in [-0.4, -0.2) is 18.5 Å². The van der Waals surface area contributed by atoms with Crippen molar-refractivity contribution in [2.75, 3.05) is 13.6 Å². The Hall–Kier alpha value is -1.84. The van der Waals surface area contributed by atoms with Crippen molar-refractivity contribution in [1.82, 2.24) is 4.90 Å². The number of fused-ring (bicyclic) bond motifs is 2. The fraction of sp³-hybridized carbons (Fsp3) is 0.222. The van der Waals surface area contributed by atoms with Crippen molar-refractivity contribution in [3.63, 3.8) is 0 Å². The molecule has 1 atom stereocenters. The van der Waals surface area contributed by atoms with Gasteiger partial charge in [-0.3, -0.25) is 0 Å². The number of nitrogens with zero attached hydrogens (tertiary/aromatic N) is 1. The molecule has 0 amide bonds. The van der Waals surface area contributed by atoms with Crippen LogP contribution in [0.2, 0.25) is 5.02 Å². The van der Waals surface area contributed by atoms with Gasteiger partial charge in [-0.05, 0) is 54.1 Å². The van der Waals surface area contributed by atoms with Crippen LogP contribution in [0, 0.1) is 5.82 Å². The van der Waals surface area contributed by atoms with Crippen LogP contribution in [-0.2, 0) is 6.54 Å². The molecule has 4 heteroatoms. The average Bonchev–Trinajstić information content (AvgIpc) is 2.94. The quantitative estimate of drug-likeness (QED) is 0.641. The van der Waals surface area contributed by atoms with E-state index < -0.39 is 0 Å². The van der Waals surface area contributed by atoms with E-state index >= 15 is 0 Å². The van der Waals surface area contributed by atoms with Crippen LogP contribution in [0.15, 0.2) is 47.1 Å². The van der Waals surface area contributed by atoms with Gasteiger partial charge in [-0.2, -0.15) is 0 Å². The van der Waals surface area contributed by atoms with E-state index in [0.29, 0.717) is 0 Å². The highest BCUT2D eigenvalue weighted by molar-refractivity contribution is 6.30. The zero-order valence-corrected chi connectivity index (χ0v) is 12.9. The van der Waals surface area contributed by atoms with Gasteiger partial charge in [0.2, 0.25) is 0 Å². The highest BCUT2D eigenvalue weighted by Gasteiger charge is 2.26. The lowest BCUT2D eigenvalue weighted by Crippen LogP contribution is -2.31. The molecule has 1 aliphatic rings. The Labute approximate surface area is 133 Å². The SMILES string of the molecule is CN1Cc2cc3occc3cc2C(c2ccc(Cl)c(F)c2)C1. The lowest BCUT2D eigenvalue weighted by molar-refractivity contribution is 0.295. The standard InChI is InChI=1S/C18H15ClFNO/c1-21-9-13-8-18-12(4-5-22-18)6-14(13)15(10-21)11-2-3-16(19)17(20)7-11/h2-8,15H,9-10H2,1H3. The molecule has 2 nitrogen and oxygen atoms in total. The van der Waals surface area contributed by atoms with E-state index in [1.165, 1.54) is 11.1 Å². The van der Waals surface area contributed by atoms with Gasteiger partial charge in [0, 0.05) is 24.4 Å². The minimum absolute atomic E-state index is 0.139. The monoisotopic (exact) mass is 315 g/mol. The van der Waals surface area contributed by atoms with Crippen LogP contribution >= 0.6 is 11.6 Å². The molecule has 2 heterocycles. The van der Waals surface area contributed by atoms with Crippen molar-refractivity contribution < 1.29 is 8.81 Å². The summed E-state index contributed by atoms with van der Waals surface area (Å²) >= 11 is 5.81.